The maximum Gasteiger partial charge on any atom is 0.123 e. The van der Waals surface area contributed by atoms with E-state index in [4.69, 9.17) is 4.74 Å². The van der Waals surface area contributed by atoms with E-state index in [9.17, 15) is 19.7 Å². The van der Waals surface area contributed by atoms with E-state index >= 15 is 0 Å². The molecule has 37 heavy (non-hydrogen) atoms. The van der Waals surface area contributed by atoms with Crippen molar-refractivity contribution in [1.29, 1.82) is 0 Å². The molecule has 0 aliphatic carbocycles. The fourth-order valence-electron chi connectivity index (χ4n) is 5.10. The van der Waals surface area contributed by atoms with Gasteiger partial charge in [0.05, 0.1) is 18.2 Å². The van der Waals surface area contributed by atoms with Crippen LogP contribution in [0.5, 0.6) is 11.5 Å². The van der Waals surface area contributed by atoms with Gasteiger partial charge in [0.15, 0.2) is 0 Å². The number of anilines is 1. The van der Waals surface area contributed by atoms with Crippen LogP contribution in [0.15, 0.2) is 66.7 Å². The minimum absolute atomic E-state index is 0.0519. The van der Waals surface area contributed by atoms with Crippen LogP contribution < -0.4 is 9.64 Å². The summed E-state index contributed by atoms with van der Waals surface area (Å²) in [6.07, 6.45) is 0.625. The molecule has 3 N–H and O–H groups in total. The second-order valence-electron chi connectivity index (χ2n) is 9.97. The SMILES string of the molecule is CC(O)CN(CCOc1ccc(CC2c3ccc(O)cc3CCN2c2ccc(F)cc2)cc1)CC(C)O. The number of ether oxygens (including phenoxy) is 1. The molecule has 1 aliphatic rings. The molecule has 1 aliphatic heterocycles. The van der Waals surface area contributed by atoms with E-state index < -0.39 is 12.2 Å². The lowest BCUT2D eigenvalue weighted by atomic mass is 9.88. The molecule has 1 heterocycles. The van der Waals surface area contributed by atoms with Crippen molar-refractivity contribution in [1.82, 2.24) is 4.90 Å². The Bertz CT molecular complexity index is 1130. The molecule has 0 fully saturated rings. The molecule has 0 saturated heterocycles. The van der Waals surface area contributed by atoms with Crippen LogP contribution in [0.25, 0.3) is 0 Å². The van der Waals surface area contributed by atoms with Gasteiger partial charge in [-0.25, -0.2) is 4.39 Å². The summed E-state index contributed by atoms with van der Waals surface area (Å²) in [7, 11) is 0. The van der Waals surface area contributed by atoms with Gasteiger partial charge in [0, 0.05) is 31.9 Å². The molecule has 3 aromatic carbocycles. The normalized spacial score (nSPS) is 16.9. The van der Waals surface area contributed by atoms with Gasteiger partial charge in [-0.2, -0.15) is 0 Å². The lowest BCUT2D eigenvalue weighted by Crippen LogP contribution is -2.38. The van der Waals surface area contributed by atoms with E-state index in [1.165, 1.54) is 17.7 Å². The van der Waals surface area contributed by atoms with Gasteiger partial charge >= 0.3 is 0 Å². The Morgan fingerprint density at radius 1 is 0.973 bits per heavy atom. The minimum Gasteiger partial charge on any atom is -0.508 e. The van der Waals surface area contributed by atoms with E-state index in [1.54, 1.807) is 19.9 Å². The number of aliphatic hydroxyl groups is 2. The maximum atomic E-state index is 13.6. The van der Waals surface area contributed by atoms with Crippen LogP contribution in [-0.2, 0) is 12.8 Å². The molecule has 4 rings (SSSR count). The number of phenolic OH excluding ortho intramolecular Hbond substituents is 1. The average Bonchev–Trinajstić information content (AvgIpc) is 2.85. The quantitative estimate of drug-likeness (QED) is 0.358. The predicted octanol–water partition coefficient (Wildman–Crippen LogP) is 4.32. The summed E-state index contributed by atoms with van der Waals surface area (Å²) >= 11 is 0. The Morgan fingerprint density at radius 3 is 2.30 bits per heavy atom. The first-order valence-corrected chi connectivity index (χ1v) is 12.9. The van der Waals surface area contributed by atoms with E-state index in [0.717, 1.165) is 42.0 Å². The van der Waals surface area contributed by atoms with Crippen molar-refractivity contribution in [2.45, 2.75) is 44.9 Å². The number of aromatic hydroxyl groups is 1. The van der Waals surface area contributed by atoms with Crippen molar-refractivity contribution in [3.63, 3.8) is 0 Å². The Kier molecular flexibility index (Phi) is 9.03. The predicted molar refractivity (Wildman–Crippen MR) is 144 cm³/mol. The number of rotatable bonds is 11. The van der Waals surface area contributed by atoms with Gasteiger partial charge in [0.25, 0.3) is 0 Å². The van der Waals surface area contributed by atoms with Crippen molar-refractivity contribution in [3.05, 3.63) is 89.2 Å². The number of aliphatic hydroxyl groups excluding tert-OH is 2. The van der Waals surface area contributed by atoms with Gasteiger partial charge in [0.2, 0.25) is 0 Å². The molecule has 6 nitrogen and oxygen atoms in total. The van der Waals surface area contributed by atoms with Crippen molar-refractivity contribution >= 4 is 5.69 Å². The average molecular weight is 509 g/mol. The lowest BCUT2D eigenvalue weighted by Gasteiger charge is -2.39. The highest BCUT2D eigenvalue weighted by atomic mass is 19.1. The van der Waals surface area contributed by atoms with Gasteiger partial charge in [-0.1, -0.05) is 18.2 Å². The Balaban J connectivity index is 1.44. The first kappa shape index (κ1) is 26.9. The zero-order chi connectivity index (χ0) is 26.4. The summed E-state index contributed by atoms with van der Waals surface area (Å²) in [5.74, 6) is 0.787. The summed E-state index contributed by atoms with van der Waals surface area (Å²) in [6, 6.07) is 20.3. The van der Waals surface area contributed by atoms with Crippen molar-refractivity contribution in [2.24, 2.45) is 0 Å². The fraction of sp³-hybridized carbons (Fsp3) is 0.400. The summed E-state index contributed by atoms with van der Waals surface area (Å²) in [5.41, 5.74) is 4.44. The van der Waals surface area contributed by atoms with Gasteiger partial charge in [0.1, 0.15) is 23.9 Å². The largest absolute Gasteiger partial charge is 0.508 e. The molecule has 7 heteroatoms. The van der Waals surface area contributed by atoms with Gasteiger partial charge in [-0.05, 0) is 91.9 Å². The molecule has 0 saturated carbocycles. The number of hydrogen-bond donors (Lipinski definition) is 3. The van der Waals surface area contributed by atoms with Crippen LogP contribution >= 0.6 is 0 Å². The third-order valence-corrected chi connectivity index (χ3v) is 6.72. The standard InChI is InChI=1S/C30H37FN2O4/c1-21(34)19-32(20-22(2)35)15-16-37-28-10-3-23(4-11-28)17-30-29-12-9-27(36)18-24(29)13-14-33(30)26-7-5-25(31)6-8-26/h3-12,18,21-22,30,34-36H,13-17,19-20H2,1-2H3. The third kappa shape index (κ3) is 7.44. The number of hydrogen-bond acceptors (Lipinski definition) is 6. The number of phenols is 1. The summed E-state index contributed by atoms with van der Waals surface area (Å²) < 4.78 is 19.5. The molecule has 0 radical (unpaired) electrons. The zero-order valence-electron chi connectivity index (χ0n) is 21.6. The van der Waals surface area contributed by atoms with Gasteiger partial charge in [-0.3, -0.25) is 4.90 Å². The first-order valence-electron chi connectivity index (χ1n) is 12.9. The van der Waals surface area contributed by atoms with Crippen molar-refractivity contribution in [3.8, 4) is 11.5 Å². The van der Waals surface area contributed by atoms with Gasteiger partial charge in [-0.15, -0.1) is 0 Å². The number of fused-ring (bicyclic) bond motifs is 1. The minimum atomic E-state index is -0.471. The van der Waals surface area contributed by atoms with Crippen LogP contribution in [0, 0.1) is 5.82 Å². The lowest BCUT2D eigenvalue weighted by molar-refractivity contribution is 0.0749. The molecule has 198 valence electrons. The number of halogens is 1. The molecule has 3 unspecified atom stereocenters. The van der Waals surface area contributed by atoms with Gasteiger partial charge < -0.3 is 25.0 Å². The summed E-state index contributed by atoms with van der Waals surface area (Å²) in [4.78, 5) is 4.30. The first-order chi connectivity index (χ1) is 17.8. The molecular formula is C30H37FN2O4. The molecule has 0 amide bonds. The molecule has 0 bridgehead atoms. The second kappa shape index (κ2) is 12.4. The topological polar surface area (TPSA) is 76.4 Å². The molecule has 0 spiro atoms. The smallest absolute Gasteiger partial charge is 0.123 e. The second-order valence-corrected chi connectivity index (χ2v) is 9.97. The van der Waals surface area contributed by atoms with Crippen LogP contribution in [0.2, 0.25) is 0 Å². The number of nitrogens with zero attached hydrogens (tertiary/aromatic N) is 2. The highest BCUT2D eigenvalue weighted by molar-refractivity contribution is 5.53. The van der Waals surface area contributed by atoms with Crippen LogP contribution in [0.3, 0.4) is 0 Å². The monoisotopic (exact) mass is 508 g/mol. The Hall–Kier alpha value is -3.13. The van der Waals surface area contributed by atoms with Crippen molar-refractivity contribution < 1.29 is 24.4 Å². The molecule has 3 aromatic rings. The maximum absolute atomic E-state index is 13.6. The third-order valence-electron chi connectivity index (χ3n) is 6.72. The Labute approximate surface area is 218 Å². The summed E-state index contributed by atoms with van der Waals surface area (Å²) in [5, 5.41) is 29.4. The van der Waals surface area contributed by atoms with Crippen LogP contribution in [0.4, 0.5) is 10.1 Å². The van der Waals surface area contributed by atoms with Crippen LogP contribution in [0.1, 0.15) is 36.6 Å². The van der Waals surface area contributed by atoms with E-state index in [-0.39, 0.29) is 17.6 Å². The Morgan fingerprint density at radius 2 is 1.65 bits per heavy atom. The van der Waals surface area contributed by atoms with E-state index in [2.05, 4.69) is 17.0 Å². The highest BCUT2D eigenvalue weighted by Crippen LogP contribution is 2.37. The van der Waals surface area contributed by atoms with Crippen LogP contribution in [-0.4, -0.2) is 65.2 Å². The van der Waals surface area contributed by atoms with Crippen molar-refractivity contribution in [2.75, 3.05) is 37.7 Å². The number of benzene rings is 3. The van der Waals surface area contributed by atoms with E-state index in [1.807, 2.05) is 41.3 Å². The highest BCUT2D eigenvalue weighted by Gasteiger charge is 2.28. The summed E-state index contributed by atoms with van der Waals surface area (Å²) in [6.45, 7) is 6.28. The molecule has 0 aromatic heterocycles. The molecule has 3 atom stereocenters. The fourth-order valence-corrected chi connectivity index (χ4v) is 5.10. The van der Waals surface area contributed by atoms with E-state index in [0.29, 0.717) is 26.2 Å². The molecular weight excluding hydrogens is 471 g/mol. The zero-order valence-corrected chi connectivity index (χ0v) is 21.6.